The molecule has 3 rings (SSSR count). The van der Waals surface area contributed by atoms with E-state index in [1.807, 2.05) is 48.5 Å². The molecule has 1 aliphatic rings. The van der Waals surface area contributed by atoms with Gasteiger partial charge in [-0.05, 0) is 22.3 Å². The summed E-state index contributed by atoms with van der Waals surface area (Å²) in [6, 6.07) is 14.2. The zero-order valence-electron chi connectivity index (χ0n) is 14.9. The van der Waals surface area contributed by atoms with E-state index < -0.39 is 30.5 Å². The number of rotatable bonds is 7. The molecule has 2 aromatic rings. The van der Waals surface area contributed by atoms with Crippen molar-refractivity contribution in [1.29, 1.82) is 0 Å². The maximum atomic E-state index is 12.1. The number of ether oxygens (including phenoxy) is 1. The lowest BCUT2D eigenvalue weighted by molar-refractivity contribution is -0.139. The highest BCUT2D eigenvalue weighted by Gasteiger charge is 2.30. The minimum Gasteiger partial charge on any atom is -0.480 e. The van der Waals surface area contributed by atoms with Gasteiger partial charge < -0.3 is 20.3 Å². The van der Waals surface area contributed by atoms with Gasteiger partial charge >= 0.3 is 18.0 Å². The van der Waals surface area contributed by atoms with Crippen molar-refractivity contribution in [1.82, 2.24) is 5.32 Å². The molecule has 2 aromatic carbocycles. The van der Waals surface area contributed by atoms with Gasteiger partial charge in [-0.15, -0.1) is 0 Å². The lowest BCUT2D eigenvalue weighted by Gasteiger charge is -2.17. The van der Waals surface area contributed by atoms with Crippen molar-refractivity contribution >= 4 is 18.0 Å². The molecule has 0 saturated heterocycles. The Morgan fingerprint density at radius 1 is 1.00 bits per heavy atom. The van der Waals surface area contributed by atoms with E-state index in [2.05, 4.69) is 11.9 Å². The molecule has 1 atom stereocenters. The van der Waals surface area contributed by atoms with Crippen LogP contribution >= 0.6 is 0 Å². The minimum atomic E-state index is -1.43. The van der Waals surface area contributed by atoms with Gasteiger partial charge in [0.2, 0.25) is 0 Å². The standard InChI is InChI=1S/C21H19NO6/c1-12(19(23)24)10-18(20(25)26)22-21(27)28-11-17-15-8-4-2-6-13(15)14-7-3-5-9-16(14)17/h2-9,17-18H,1,10-11H2,(H,22,27)(H,23,24)(H,25,26)/t18-/m1/s1. The number of benzene rings is 2. The number of carboxylic acid groups (broad SMARTS) is 2. The van der Waals surface area contributed by atoms with E-state index >= 15 is 0 Å². The van der Waals surface area contributed by atoms with Crippen LogP contribution in [-0.4, -0.2) is 40.9 Å². The smallest absolute Gasteiger partial charge is 0.407 e. The number of carboxylic acids is 2. The molecule has 7 nitrogen and oxygen atoms in total. The Balaban J connectivity index is 1.68. The fourth-order valence-electron chi connectivity index (χ4n) is 3.32. The predicted molar refractivity (Wildman–Crippen MR) is 101 cm³/mol. The van der Waals surface area contributed by atoms with Crippen molar-refractivity contribution in [2.24, 2.45) is 0 Å². The minimum absolute atomic E-state index is 0.0338. The van der Waals surface area contributed by atoms with E-state index in [1.54, 1.807) is 0 Å². The summed E-state index contributed by atoms with van der Waals surface area (Å²) in [4.78, 5) is 34.2. The molecule has 1 aliphatic carbocycles. The Hall–Kier alpha value is -3.61. The number of nitrogens with one attached hydrogen (secondary N) is 1. The van der Waals surface area contributed by atoms with Gasteiger partial charge in [0, 0.05) is 17.9 Å². The number of carbonyl (C=O) groups is 3. The Kier molecular flexibility index (Phi) is 5.44. The molecule has 0 aromatic heterocycles. The molecule has 0 unspecified atom stereocenters. The Labute approximate surface area is 161 Å². The average Bonchev–Trinajstić information content (AvgIpc) is 2.99. The van der Waals surface area contributed by atoms with Gasteiger partial charge in [-0.2, -0.15) is 0 Å². The molecule has 1 amide bonds. The summed E-state index contributed by atoms with van der Waals surface area (Å²) in [6.07, 6.45) is -1.35. The van der Waals surface area contributed by atoms with Crippen molar-refractivity contribution in [3.05, 3.63) is 71.8 Å². The molecule has 144 valence electrons. The second-order valence-electron chi connectivity index (χ2n) is 6.47. The first kappa shape index (κ1) is 19.2. The maximum absolute atomic E-state index is 12.1. The number of amides is 1. The summed E-state index contributed by atoms with van der Waals surface area (Å²) in [7, 11) is 0. The summed E-state index contributed by atoms with van der Waals surface area (Å²) in [5, 5.41) is 20.2. The van der Waals surface area contributed by atoms with E-state index in [1.165, 1.54) is 0 Å². The highest BCUT2D eigenvalue weighted by Crippen LogP contribution is 2.44. The second-order valence-corrected chi connectivity index (χ2v) is 6.47. The summed E-state index contributed by atoms with van der Waals surface area (Å²) in [6.45, 7) is 3.32. The van der Waals surface area contributed by atoms with Crippen LogP contribution in [0, 0.1) is 0 Å². The zero-order chi connectivity index (χ0) is 20.3. The van der Waals surface area contributed by atoms with E-state index in [0.29, 0.717) is 0 Å². The molecule has 0 spiro atoms. The Morgan fingerprint density at radius 2 is 1.54 bits per heavy atom. The second kappa shape index (κ2) is 7.96. The summed E-state index contributed by atoms with van der Waals surface area (Å²) in [5.41, 5.74) is 3.91. The Bertz CT molecular complexity index is 906. The average molecular weight is 381 g/mol. The summed E-state index contributed by atoms with van der Waals surface area (Å²) >= 11 is 0. The number of hydrogen-bond donors (Lipinski definition) is 3. The van der Waals surface area contributed by atoms with E-state index in [-0.39, 0.29) is 18.1 Å². The third-order valence-corrected chi connectivity index (χ3v) is 4.69. The van der Waals surface area contributed by atoms with Crippen LogP contribution in [-0.2, 0) is 14.3 Å². The van der Waals surface area contributed by atoms with Crippen LogP contribution in [0.5, 0.6) is 0 Å². The molecule has 7 heteroatoms. The summed E-state index contributed by atoms with van der Waals surface area (Å²) in [5.74, 6) is -2.84. The number of alkyl carbamates (subject to hydrolysis) is 1. The van der Waals surface area contributed by atoms with E-state index in [4.69, 9.17) is 9.84 Å². The molecule has 28 heavy (non-hydrogen) atoms. The van der Waals surface area contributed by atoms with Gasteiger partial charge in [-0.25, -0.2) is 14.4 Å². The zero-order valence-corrected chi connectivity index (χ0v) is 14.9. The summed E-state index contributed by atoms with van der Waals surface area (Å²) < 4.78 is 5.27. The van der Waals surface area contributed by atoms with Crippen molar-refractivity contribution in [2.75, 3.05) is 6.61 Å². The van der Waals surface area contributed by atoms with Crippen LogP contribution in [0.15, 0.2) is 60.7 Å². The molecule has 0 heterocycles. The quantitative estimate of drug-likeness (QED) is 0.636. The third kappa shape index (κ3) is 3.88. The normalized spacial score (nSPS) is 13.1. The van der Waals surface area contributed by atoms with Crippen LogP contribution in [0.3, 0.4) is 0 Å². The van der Waals surface area contributed by atoms with Gasteiger partial charge in [0.15, 0.2) is 0 Å². The molecule has 0 saturated carbocycles. The number of fused-ring (bicyclic) bond motifs is 3. The van der Waals surface area contributed by atoms with Gasteiger partial charge in [0.1, 0.15) is 12.6 Å². The Morgan fingerprint density at radius 3 is 2.04 bits per heavy atom. The van der Waals surface area contributed by atoms with Crippen molar-refractivity contribution in [3.8, 4) is 11.1 Å². The molecular weight excluding hydrogens is 362 g/mol. The molecule has 0 fully saturated rings. The van der Waals surface area contributed by atoms with Gasteiger partial charge in [-0.3, -0.25) is 0 Å². The SMILES string of the molecule is C=C(C[C@@H](NC(=O)OCC1c2ccccc2-c2ccccc21)C(=O)O)C(=O)O. The molecule has 0 aliphatic heterocycles. The molecular formula is C21H19NO6. The van der Waals surface area contributed by atoms with Crippen molar-refractivity contribution in [3.63, 3.8) is 0 Å². The first-order chi connectivity index (χ1) is 13.4. The molecule has 0 radical (unpaired) electrons. The van der Waals surface area contributed by atoms with Crippen LogP contribution in [0.25, 0.3) is 11.1 Å². The first-order valence-electron chi connectivity index (χ1n) is 8.64. The lowest BCUT2D eigenvalue weighted by atomic mass is 9.98. The van der Waals surface area contributed by atoms with Crippen LogP contribution < -0.4 is 5.32 Å². The van der Waals surface area contributed by atoms with Crippen LogP contribution in [0.1, 0.15) is 23.5 Å². The van der Waals surface area contributed by atoms with Gasteiger partial charge in [0.05, 0.1) is 0 Å². The fourth-order valence-corrected chi connectivity index (χ4v) is 3.32. The fraction of sp³-hybridized carbons (Fsp3) is 0.190. The molecule has 3 N–H and O–H groups in total. The highest BCUT2D eigenvalue weighted by molar-refractivity contribution is 5.88. The highest BCUT2D eigenvalue weighted by atomic mass is 16.5. The van der Waals surface area contributed by atoms with Crippen LogP contribution in [0.2, 0.25) is 0 Å². The topological polar surface area (TPSA) is 113 Å². The largest absolute Gasteiger partial charge is 0.480 e. The van der Waals surface area contributed by atoms with Crippen molar-refractivity contribution < 1.29 is 29.3 Å². The van der Waals surface area contributed by atoms with E-state index in [9.17, 15) is 19.5 Å². The first-order valence-corrected chi connectivity index (χ1v) is 8.64. The number of aliphatic carboxylic acids is 2. The van der Waals surface area contributed by atoms with Gasteiger partial charge in [0.25, 0.3) is 0 Å². The lowest BCUT2D eigenvalue weighted by Crippen LogP contribution is -2.42. The third-order valence-electron chi connectivity index (χ3n) is 4.69. The van der Waals surface area contributed by atoms with Gasteiger partial charge in [-0.1, -0.05) is 55.1 Å². The monoisotopic (exact) mass is 381 g/mol. The maximum Gasteiger partial charge on any atom is 0.407 e. The number of carbonyl (C=O) groups excluding carboxylic acids is 1. The van der Waals surface area contributed by atoms with Crippen LogP contribution in [0.4, 0.5) is 4.79 Å². The number of hydrogen-bond acceptors (Lipinski definition) is 4. The predicted octanol–water partition coefficient (Wildman–Crippen LogP) is 3.01. The van der Waals surface area contributed by atoms with E-state index in [0.717, 1.165) is 22.3 Å². The van der Waals surface area contributed by atoms with Crippen molar-refractivity contribution in [2.45, 2.75) is 18.4 Å². The molecule has 0 bridgehead atoms.